The zero-order valence-corrected chi connectivity index (χ0v) is 8.74. The van der Waals surface area contributed by atoms with Gasteiger partial charge in [-0.05, 0) is 12.5 Å². The van der Waals surface area contributed by atoms with Crippen molar-refractivity contribution in [3.63, 3.8) is 0 Å². The fourth-order valence-electron chi connectivity index (χ4n) is 0.804. The molecular formula is C9H13NS2. The number of hydrogen-bond acceptors (Lipinski definition) is 3. The van der Waals surface area contributed by atoms with E-state index in [-0.39, 0.29) is 0 Å². The Balaban J connectivity index is 2.44. The summed E-state index contributed by atoms with van der Waals surface area (Å²) in [7, 11) is 0. The van der Waals surface area contributed by atoms with Crippen molar-refractivity contribution in [1.82, 2.24) is 0 Å². The largest absolute Gasteiger partial charge is 0.309 e. The van der Waals surface area contributed by atoms with Gasteiger partial charge in [-0.15, -0.1) is 24.4 Å². The van der Waals surface area contributed by atoms with Crippen LogP contribution >= 0.6 is 24.4 Å². The first-order chi connectivity index (χ1) is 5.58. The summed E-state index contributed by atoms with van der Waals surface area (Å²) in [4.78, 5) is 0. The van der Waals surface area contributed by atoms with Crippen molar-refractivity contribution in [2.75, 3.05) is 0 Å². The lowest BCUT2D eigenvalue weighted by atomic mass is 10.2. The van der Waals surface area contributed by atoms with E-state index in [0.717, 1.165) is 5.75 Å². The highest BCUT2D eigenvalue weighted by molar-refractivity contribution is 8.10. The number of nitrogens with two attached hydrogens (primary N) is 1. The molecule has 1 rings (SSSR count). The average molecular weight is 199 g/mol. The van der Waals surface area contributed by atoms with Gasteiger partial charge in [-0.2, -0.15) is 0 Å². The molecule has 0 fully saturated rings. The van der Waals surface area contributed by atoms with Gasteiger partial charge in [0.25, 0.3) is 0 Å². The SMILES string of the molecule is CC(N)(S)SCc1ccccc1. The van der Waals surface area contributed by atoms with Crippen LogP contribution in [0.1, 0.15) is 12.5 Å². The topological polar surface area (TPSA) is 26.0 Å². The molecule has 0 aliphatic rings. The van der Waals surface area contributed by atoms with Crippen molar-refractivity contribution in [3.05, 3.63) is 35.9 Å². The fourth-order valence-corrected chi connectivity index (χ4v) is 1.65. The molecule has 0 aliphatic carbocycles. The van der Waals surface area contributed by atoms with E-state index in [1.807, 2.05) is 25.1 Å². The maximum absolute atomic E-state index is 5.71. The molecule has 0 amide bonds. The summed E-state index contributed by atoms with van der Waals surface area (Å²) in [5, 5.41) is 0. The maximum Gasteiger partial charge on any atom is 0.103 e. The van der Waals surface area contributed by atoms with Crippen molar-refractivity contribution in [2.45, 2.75) is 16.9 Å². The molecule has 1 aromatic carbocycles. The van der Waals surface area contributed by atoms with Crippen LogP contribution in [-0.2, 0) is 5.75 Å². The Bertz CT molecular complexity index is 228. The Labute approximate surface area is 83.1 Å². The smallest absolute Gasteiger partial charge is 0.103 e. The van der Waals surface area contributed by atoms with Crippen LogP contribution in [-0.4, -0.2) is 4.20 Å². The maximum atomic E-state index is 5.71. The van der Waals surface area contributed by atoms with E-state index in [2.05, 4.69) is 24.8 Å². The van der Waals surface area contributed by atoms with E-state index in [1.54, 1.807) is 11.8 Å². The molecule has 0 bridgehead atoms. The quantitative estimate of drug-likeness (QED) is 0.578. The van der Waals surface area contributed by atoms with Crippen molar-refractivity contribution in [1.29, 1.82) is 0 Å². The van der Waals surface area contributed by atoms with Crippen LogP contribution in [0.3, 0.4) is 0 Å². The summed E-state index contributed by atoms with van der Waals surface area (Å²) in [6.45, 7) is 1.89. The molecule has 1 atom stereocenters. The summed E-state index contributed by atoms with van der Waals surface area (Å²) < 4.78 is -0.435. The molecule has 0 spiro atoms. The van der Waals surface area contributed by atoms with Crippen LogP contribution in [0.2, 0.25) is 0 Å². The predicted molar refractivity (Wildman–Crippen MR) is 59.3 cm³/mol. The molecule has 1 aromatic rings. The molecule has 1 unspecified atom stereocenters. The van der Waals surface area contributed by atoms with E-state index in [4.69, 9.17) is 5.73 Å². The lowest BCUT2D eigenvalue weighted by Crippen LogP contribution is -2.23. The lowest BCUT2D eigenvalue weighted by Gasteiger charge is -2.16. The first kappa shape index (κ1) is 9.96. The van der Waals surface area contributed by atoms with Crippen LogP contribution < -0.4 is 5.73 Å². The number of thioether (sulfide) groups is 1. The molecule has 2 N–H and O–H groups in total. The van der Waals surface area contributed by atoms with E-state index < -0.39 is 4.20 Å². The van der Waals surface area contributed by atoms with Gasteiger partial charge in [-0.25, -0.2) is 0 Å². The highest BCUT2D eigenvalue weighted by Crippen LogP contribution is 2.26. The third-order valence-electron chi connectivity index (χ3n) is 1.37. The monoisotopic (exact) mass is 199 g/mol. The van der Waals surface area contributed by atoms with Crippen LogP contribution in [0.5, 0.6) is 0 Å². The molecule has 66 valence electrons. The molecule has 12 heavy (non-hydrogen) atoms. The van der Waals surface area contributed by atoms with Gasteiger partial charge in [0.05, 0.1) is 0 Å². The zero-order chi connectivity index (χ0) is 9.03. The van der Waals surface area contributed by atoms with Gasteiger partial charge in [0, 0.05) is 5.75 Å². The van der Waals surface area contributed by atoms with Crippen LogP contribution in [0.25, 0.3) is 0 Å². The first-order valence-electron chi connectivity index (χ1n) is 3.77. The molecule has 3 heteroatoms. The highest BCUT2D eigenvalue weighted by Gasteiger charge is 2.11. The van der Waals surface area contributed by atoms with Gasteiger partial charge >= 0.3 is 0 Å². The molecule has 0 aliphatic heterocycles. The van der Waals surface area contributed by atoms with Gasteiger partial charge in [-0.1, -0.05) is 30.3 Å². The minimum Gasteiger partial charge on any atom is -0.309 e. The van der Waals surface area contributed by atoms with Crippen molar-refractivity contribution < 1.29 is 0 Å². The summed E-state index contributed by atoms with van der Waals surface area (Å²) in [5.74, 6) is 0.914. The third-order valence-corrected chi connectivity index (χ3v) is 2.82. The second kappa shape index (κ2) is 4.21. The molecule has 0 heterocycles. The van der Waals surface area contributed by atoms with Crippen LogP contribution in [0.4, 0.5) is 0 Å². The molecule has 0 aromatic heterocycles. The molecule has 1 nitrogen and oxygen atoms in total. The lowest BCUT2D eigenvalue weighted by molar-refractivity contribution is 0.973. The first-order valence-corrected chi connectivity index (χ1v) is 5.20. The number of hydrogen-bond donors (Lipinski definition) is 2. The van der Waals surface area contributed by atoms with Gasteiger partial charge in [0.1, 0.15) is 4.20 Å². The Morgan fingerprint density at radius 3 is 2.50 bits per heavy atom. The van der Waals surface area contributed by atoms with Crippen LogP contribution in [0, 0.1) is 0 Å². The summed E-state index contributed by atoms with van der Waals surface area (Å²) in [5.41, 5.74) is 7.00. The second-order valence-electron chi connectivity index (χ2n) is 2.83. The van der Waals surface area contributed by atoms with E-state index in [1.165, 1.54) is 5.56 Å². The Morgan fingerprint density at radius 1 is 1.42 bits per heavy atom. The summed E-state index contributed by atoms with van der Waals surface area (Å²) >= 11 is 5.85. The van der Waals surface area contributed by atoms with E-state index >= 15 is 0 Å². The number of rotatable bonds is 3. The highest BCUT2D eigenvalue weighted by atomic mass is 32.2. The van der Waals surface area contributed by atoms with Crippen molar-refractivity contribution in [3.8, 4) is 0 Å². The number of thiol groups is 1. The van der Waals surface area contributed by atoms with Gasteiger partial charge in [0.2, 0.25) is 0 Å². The van der Waals surface area contributed by atoms with Crippen molar-refractivity contribution in [2.24, 2.45) is 5.73 Å². The standard InChI is InChI=1S/C9H13NS2/c1-9(10,11)12-7-8-5-3-2-4-6-8/h2-6,11H,7,10H2,1H3. The minimum absolute atomic E-state index is 0.435. The molecule has 0 radical (unpaired) electrons. The zero-order valence-electron chi connectivity index (χ0n) is 7.03. The van der Waals surface area contributed by atoms with E-state index in [9.17, 15) is 0 Å². The summed E-state index contributed by atoms with van der Waals surface area (Å²) in [6.07, 6.45) is 0. The summed E-state index contributed by atoms with van der Waals surface area (Å²) in [6, 6.07) is 10.3. The number of benzene rings is 1. The molecule has 0 saturated carbocycles. The van der Waals surface area contributed by atoms with E-state index in [0.29, 0.717) is 0 Å². The normalized spacial score (nSPS) is 15.6. The minimum atomic E-state index is -0.435. The van der Waals surface area contributed by atoms with Crippen LogP contribution in [0.15, 0.2) is 30.3 Å². The predicted octanol–water partition coefficient (Wildman–Crippen LogP) is 2.48. The third kappa shape index (κ3) is 4.04. The van der Waals surface area contributed by atoms with Gasteiger partial charge in [0.15, 0.2) is 0 Å². The molecule has 0 saturated heterocycles. The second-order valence-corrected chi connectivity index (χ2v) is 5.49. The van der Waals surface area contributed by atoms with Gasteiger partial charge in [-0.3, -0.25) is 0 Å². The Kier molecular flexibility index (Phi) is 3.50. The fraction of sp³-hybridized carbons (Fsp3) is 0.333. The Morgan fingerprint density at radius 2 is 2.00 bits per heavy atom. The Hall–Kier alpha value is -0.120. The average Bonchev–Trinajstić information content (AvgIpc) is 2.02. The molecular weight excluding hydrogens is 186 g/mol. The van der Waals surface area contributed by atoms with Gasteiger partial charge < -0.3 is 5.73 Å². The van der Waals surface area contributed by atoms with Crippen molar-refractivity contribution >= 4 is 24.4 Å².